The Morgan fingerprint density at radius 3 is 2.37 bits per heavy atom. The maximum atomic E-state index is 13.1. The Morgan fingerprint density at radius 2 is 1.80 bits per heavy atom. The first kappa shape index (κ1) is 22.1. The van der Waals surface area contributed by atoms with Crippen LogP contribution in [0.5, 0.6) is 5.75 Å². The number of carbonyl (C=O) groups is 1. The van der Waals surface area contributed by atoms with Crippen molar-refractivity contribution < 1.29 is 22.7 Å². The molecule has 0 spiro atoms. The lowest BCUT2D eigenvalue weighted by atomic mass is 9.97. The summed E-state index contributed by atoms with van der Waals surface area (Å²) in [6.07, 6.45) is -3.19. The van der Waals surface area contributed by atoms with Crippen LogP contribution in [-0.2, 0) is 24.1 Å². The van der Waals surface area contributed by atoms with E-state index in [-0.39, 0.29) is 29.7 Å². The molecule has 3 rings (SSSR count). The first-order valence-corrected chi connectivity index (χ1v) is 9.78. The lowest BCUT2D eigenvalue weighted by molar-refractivity contribution is -0.138. The zero-order valence-electron chi connectivity index (χ0n) is 17.6. The Kier molecular flexibility index (Phi) is 6.36. The Labute approximate surface area is 174 Å². The van der Waals surface area contributed by atoms with Crippen LogP contribution in [0.1, 0.15) is 33.5 Å². The molecule has 2 aromatic rings. The van der Waals surface area contributed by atoms with Gasteiger partial charge in [0.1, 0.15) is 12.4 Å². The quantitative estimate of drug-likeness (QED) is 0.771. The van der Waals surface area contributed by atoms with Gasteiger partial charge in [-0.2, -0.15) is 13.2 Å². The highest BCUT2D eigenvalue weighted by Gasteiger charge is 2.33. The van der Waals surface area contributed by atoms with Gasteiger partial charge >= 0.3 is 6.18 Å². The summed E-state index contributed by atoms with van der Waals surface area (Å²) in [5.41, 5.74) is 2.57. The molecule has 30 heavy (non-hydrogen) atoms. The van der Waals surface area contributed by atoms with Crippen molar-refractivity contribution in [2.45, 2.75) is 40.1 Å². The first-order chi connectivity index (χ1) is 14.1. The number of nitrogens with zero attached hydrogens (tertiary/aromatic N) is 2. The maximum Gasteiger partial charge on any atom is 0.416 e. The molecule has 1 fully saturated rings. The number of aryl methyl sites for hydroxylation is 3. The number of ether oxygens (including phenoxy) is 1. The fourth-order valence-electron chi connectivity index (χ4n) is 3.78. The van der Waals surface area contributed by atoms with Crippen molar-refractivity contribution in [3.8, 4) is 5.75 Å². The van der Waals surface area contributed by atoms with E-state index < -0.39 is 11.7 Å². The average Bonchev–Trinajstić information content (AvgIpc) is 2.63. The van der Waals surface area contributed by atoms with Crippen LogP contribution in [0.25, 0.3) is 0 Å². The van der Waals surface area contributed by atoms with Crippen molar-refractivity contribution >= 4 is 5.91 Å². The van der Waals surface area contributed by atoms with Crippen LogP contribution >= 0.6 is 0 Å². The molecule has 5 nitrogen and oxygen atoms in total. The van der Waals surface area contributed by atoms with Crippen LogP contribution < -0.4 is 10.1 Å². The average molecular weight is 421 g/mol. The van der Waals surface area contributed by atoms with Gasteiger partial charge in [0, 0.05) is 32.9 Å². The number of nitrogens with one attached hydrogen (secondary N) is 1. The molecule has 2 heterocycles. The summed E-state index contributed by atoms with van der Waals surface area (Å²) < 4.78 is 45.1. The molecule has 0 bridgehead atoms. The van der Waals surface area contributed by atoms with E-state index >= 15 is 0 Å². The molecule has 8 heteroatoms. The predicted octanol–water partition coefficient (Wildman–Crippen LogP) is 3.78. The Hall–Kier alpha value is -2.61. The van der Waals surface area contributed by atoms with Gasteiger partial charge in [-0.05, 0) is 49.1 Å². The molecule has 0 saturated carbocycles. The lowest BCUT2D eigenvalue weighted by Gasteiger charge is -2.38. The number of likely N-dealkylation sites (tertiary alicyclic amines) is 1. The second-order valence-corrected chi connectivity index (χ2v) is 7.84. The fourth-order valence-corrected chi connectivity index (χ4v) is 3.78. The minimum absolute atomic E-state index is 0.0374. The van der Waals surface area contributed by atoms with E-state index in [0.717, 1.165) is 42.4 Å². The molecular weight excluding hydrogens is 395 g/mol. The first-order valence-electron chi connectivity index (χ1n) is 9.78. The summed E-state index contributed by atoms with van der Waals surface area (Å²) in [6.45, 7) is 7.39. The number of pyridine rings is 1. The lowest BCUT2D eigenvalue weighted by Crippen LogP contribution is -2.52. The van der Waals surface area contributed by atoms with Crippen molar-refractivity contribution in [3.05, 3.63) is 57.9 Å². The molecule has 0 radical (unpaired) electrons. The topological polar surface area (TPSA) is 54.5 Å². The van der Waals surface area contributed by atoms with E-state index in [4.69, 9.17) is 4.74 Å². The summed E-state index contributed by atoms with van der Waals surface area (Å²) in [5.74, 6) is 0.769. The molecule has 0 atom stereocenters. The monoisotopic (exact) mass is 421 g/mol. The number of amides is 1. The molecule has 1 saturated heterocycles. The van der Waals surface area contributed by atoms with Crippen LogP contribution in [0.4, 0.5) is 13.2 Å². The Balaban J connectivity index is 1.65. The highest BCUT2D eigenvalue weighted by atomic mass is 19.4. The summed E-state index contributed by atoms with van der Waals surface area (Å²) in [7, 11) is 1.65. The van der Waals surface area contributed by atoms with Gasteiger partial charge in [-0.25, -0.2) is 0 Å². The van der Waals surface area contributed by atoms with Gasteiger partial charge in [-0.3, -0.25) is 14.7 Å². The van der Waals surface area contributed by atoms with Crippen molar-refractivity contribution in [1.82, 2.24) is 15.2 Å². The number of carbonyl (C=O) groups excluding carboxylic acids is 1. The number of rotatable bonds is 6. The molecule has 1 aromatic carbocycles. The molecule has 1 aliphatic heterocycles. The minimum atomic E-state index is -4.41. The highest BCUT2D eigenvalue weighted by Crippen LogP contribution is 2.32. The van der Waals surface area contributed by atoms with Gasteiger partial charge in [-0.1, -0.05) is 12.1 Å². The van der Waals surface area contributed by atoms with Crippen LogP contribution in [0, 0.1) is 26.7 Å². The van der Waals surface area contributed by atoms with E-state index in [9.17, 15) is 18.0 Å². The van der Waals surface area contributed by atoms with Crippen molar-refractivity contribution in [3.63, 3.8) is 0 Å². The molecule has 0 aliphatic carbocycles. The largest absolute Gasteiger partial charge is 0.487 e. The van der Waals surface area contributed by atoms with Gasteiger partial charge in [-0.15, -0.1) is 0 Å². The number of aromatic nitrogens is 1. The normalized spacial score (nSPS) is 15.0. The standard InChI is InChI=1S/C22H26F3N3O2/c1-13-5-16(9-28-10-17(11-28)21(29)26-4)6-14(2)20(13)30-12-18-7-19(22(23,24)25)15(3)8-27-18/h5-8,17H,9-12H2,1-4H3,(H,26,29). The van der Waals surface area contributed by atoms with Crippen molar-refractivity contribution in [2.75, 3.05) is 20.1 Å². The van der Waals surface area contributed by atoms with Crippen LogP contribution in [0.2, 0.25) is 0 Å². The highest BCUT2D eigenvalue weighted by molar-refractivity contribution is 5.79. The predicted molar refractivity (Wildman–Crippen MR) is 107 cm³/mol. The third-order valence-electron chi connectivity index (χ3n) is 5.33. The number of benzene rings is 1. The van der Waals surface area contributed by atoms with E-state index in [1.165, 1.54) is 13.1 Å². The SMILES string of the molecule is CNC(=O)C1CN(Cc2cc(C)c(OCc3cc(C(F)(F)F)c(C)cn3)c(C)c2)C1. The third kappa shape index (κ3) is 4.92. The maximum absolute atomic E-state index is 13.1. The van der Waals surface area contributed by atoms with Crippen LogP contribution in [-0.4, -0.2) is 35.9 Å². The number of hydrogen-bond acceptors (Lipinski definition) is 4. The molecular formula is C22H26F3N3O2. The number of alkyl halides is 3. The van der Waals surface area contributed by atoms with Gasteiger partial charge in [0.15, 0.2) is 0 Å². The molecule has 1 amide bonds. The van der Waals surface area contributed by atoms with E-state index in [1.54, 1.807) is 7.05 Å². The molecule has 1 aliphatic rings. The van der Waals surface area contributed by atoms with Crippen LogP contribution in [0.15, 0.2) is 24.4 Å². The molecule has 162 valence electrons. The second-order valence-electron chi connectivity index (χ2n) is 7.84. The van der Waals surface area contributed by atoms with Gasteiger partial charge in [0.25, 0.3) is 0 Å². The minimum Gasteiger partial charge on any atom is -0.487 e. The summed E-state index contributed by atoms with van der Waals surface area (Å²) >= 11 is 0. The molecule has 0 unspecified atom stereocenters. The Bertz CT molecular complexity index is 915. The molecule has 1 aromatic heterocycles. The molecule has 1 N–H and O–H groups in total. The van der Waals surface area contributed by atoms with Gasteiger partial charge < -0.3 is 10.1 Å². The van der Waals surface area contributed by atoms with Crippen molar-refractivity contribution in [2.24, 2.45) is 5.92 Å². The van der Waals surface area contributed by atoms with E-state index in [0.29, 0.717) is 5.75 Å². The fraction of sp³-hybridized carbons (Fsp3) is 0.455. The second kappa shape index (κ2) is 8.63. The van der Waals surface area contributed by atoms with E-state index in [1.807, 2.05) is 26.0 Å². The zero-order valence-corrected chi connectivity index (χ0v) is 17.6. The number of hydrogen-bond donors (Lipinski definition) is 1. The van der Waals surface area contributed by atoms with Gasteiger partial charge in [0.05, 0.1) is 17.2 Å². The Morgan fingerprint density at radius 1 is 1.17 bits per heavy atom. The van der Waals surface area contributed by atoms with Crippen LogP contribution in [0.3, 0.4) is 0 Å². The third-order valence-corrected chi connectivity index (χ3v) is 5.33. The summed E-state index contributed by atoms with van der Waals surface area (Å²) in [6, 6.07) is 5.07. The smallest absolute Gasteiger partial charge is 0.416 e. The zero-order chi connectivity index (χ0) is 22.1. The van der Waals surface area contributed by atoms with E-state index in [2.05, 4.69) is 15.2 Å². The summed E-state index contributed by atoms with van der Waals surface area (Å²) in [4.78, 5) is 17.9. The van der Waals surface area contributed by atoms with Crippen molar-refractivity contribution in [1.29, 1.82) is 0 Å². The summed E-state index contributed by atoms with van der Waals surface area (Å²) in [5, 5.41) is 2.67. The van der Waals surface area contributed by atoms with Gasteiger partial charge in [0.2, 0.25) is 5.91 Å². The number of halogens is 3.